The minimum Gasteiger partial charge on any atom is -0.356 e. The van der Waals surface area contributed by atoms with Gasteiger partial charge in [-0.25, -0.2) is 4.98 Å². The fourth-order valence-corrected chi connectivity index (χ4v) is 4.51. The molecule has 1 saturated heterocycles. The number of imidazole rings is 1. The zero-order valence-corrected chi connectivity index (χ0v) is 16.8. The minimum absolute atomic E-state index is 0.0312. The summed E-state index contributed by atoms with van der Waals surface area (Å²) >= 11 is 0. The number of nitrogens with zero attached hydrogens (tertiary/aromatic N) is 5. The maximum Gasteiger partial charge on any atom is 0.238 e. The molecule has 0 bridgehead atoms. The first-order chi connectivity index (χ1) is 14.1. The summed E-state index contributed by atoms with van der Waals surface area (Å²) in [6.07, 6.45) is 11.8. The molecule has 9 nitrogen and oxygen atoms in total. The van der Waals surface area contributed by atoms with Gasteiger partial charge < -0.3 is 15.2 Å². The summed E-state index contributed by atoms with van der Waals surface area (Å²) in [6.45, 7) is 3.63. The first-order valence-electron chi connectivity index (χ1n) is 10.3. The van der Waals surface area contributed by atoms with Gasteiger partial charge in [-0.3, -0.25) is 19.2 Å². The Morgan fingerprint density at radius 2 is 2.24 bits per heavy atom. The van der Waals surface area contributed by atoms with E-state index in [-0.39, 0.29) is 17.7 Å². The molecular formula is C20H29N7O2. The van der Waals surface area contributed by atoms with E-state index in [4.69, 9.17) is 0 Å². The molecule has 4 rings (SSSR count). The maximum absolute atomic E-state index is 12.6. The molecule has 2 N–H and O–H groups in total. The second-order valence-electron chi connectivity index (χ2n) is 8.19. The monoisotopic (exact) mass is 399 g/mol. The van der Waals surface area contributed by atoms with Gasteiger partial charge in [0.15, 0.2) is 0 Å². The van der Waals surface area contributed by atoms with Crippen LogP contribution < -0.4 is 10.6 Å². The van der Waals surface area contributed by atoms with E-state index in [9.17, 15) is 9.59 Å². The Balaban J connectivity index is 1.19. The number of hydrogen-bond donors (Lipinski definition) is 2. The molecule has 29 heavy (non-hydrogen) atoms. The van der Waals surface area contributed by atoms with Crippen LogP contribution in [-0.2, 0) is 23.2 Å². The molecule has 0 spiro atoms. The van der Waals surface area contributed by atoms with Crippen molar-refractivity contribution in [3.8, 4) is 0 Å². The minimum atomic E-state index is -0.0312. The lowest BCUT2D eigenvalue weighted by molar-refractivity contribution is -0.137. The number of carbonyl (C=O) groups is 2. The van der Waals surface area contributed by atoms with Crippen LogP contribution in [0.2, 0.25) is 0 Å². The molecular weight excluding hydrogens is 370 g/mol. The molecule has 156 valence electrons. The third kappa shape index (κ3) is 4.84. The zero-order chi connectivity index (χ0) is 20.2. The van der Waals surface area contributed by atoms with E-state index in [0.29, 0.717) is 30.6 Å². The van der Waals surface area contributed by atoms with Gasteiger partial charge in [-0.2, -0.15) is 5.10 Å². The van der Waals surface area contributed by atoms with Gasteiger partial charge in [-0.1, -0.05) is 0 Å². The van der Waals surface area contributed by atoms with Gasteiger partial charge >= 0.3 is 0 Å². The fourth-order valence-electron chi connectivity index (χ4n) is 4.51. The first kappa shape index (κ1) is 19.6. The Kier molecular flexibility index (Phi) is 5.94. The Bertz CT molecular complexity index is 832. The van der Waals surface area contributed by atoms with Crippen molar-refractivity contribution < 1.29 is 9.59 Å². The normalized spacial score (nSPS) is 23.8. The van der Waals surface area contributed by atoms with Gasteiger partial charge in [-0.05, 0) is 37.6 Å². The summed E-state index contributed by atoms with van der Waals surface area (Å²) in [4.78, 5) is 31.1. The lowest BCUT2D eigenvalue weighted by Gasteiger charge is -2.50. The molecule has 2 aromatic rings. The summed E-state index contributed by atoms with van der Waals surface area (Å²) in [5, 5.41) is 10.0. The largest absolute Gasteiger partial charge is 0.356 e. The van der Waals surface area contributed by atoms with Crippen LogP contribution in [0.15, 0.2) is 31.1 Å². The van der Waals surface area contributed by atoms with Crippen molar-refractivity contribution in [2.45, 2.75) is 25.8 Å². The van der Waals surface area contributed by atoms with Crippen molar-refractivity contribution in [3.05, 3.63) is 31.1 Å². The molecule has 2 aromatic heterocycles. The lowest BCUT2D eigenvalue weighted by Crippen LogP contribution is -2.56. The van der Waals surface area contributed by atoms with Gasteiger partial charge in [-0.15, -0.1) is 0 Å². The van der Waals surface area contributed by atoms with Crippen LogP contribution in [0, 0.1) is 17.8 Å². The van der Waals surface area contributed by atoms with E-state index in [0.717, 1.165) is 38.9 Å². The van der Waals surface area contributed by atoms with Gasteiger partial charge in [0.2, 0.25) is 11.8 Å². The SMILES string of the molecule is Cn1cc(NC(=O)CN2CC[C@@H]3C[C@@H](C(=O)NCCCn4ccnc4)[C@@H]3C2)cn1. The predicted molar refractivity (Wildman–Crippen MR) is 108 cm³/mol. The van der Waals surface area contributed by atoms with Crippen LogP contribution in [0.3, 0.4) is 0 Å². The number of hydrogen-bond acceptors (Lipinski definition) is 5. The average molecular weight is 399 g/mol. The summed E-state index contributed by atoms with van der Waals surface area (Å²) < 4.78 is 3.68. The van der Waals surface area contributed by atoms with Gasteiger partial charge in [0.25, 0.3) is 0 Å². The second kappa shape index (κ2) is 8.77. The van der Waals surface area contributed by atoms with Crippen molar-refractivity contribution in [2.24, 2.45) is 24.8 Å². The van der Waals surface area contributed by atoms with Crippen LogP contribution in [0.25, 0.3) is 0 Å². The summed E-state index contributed by atoms with van der Waals surface area (Å²) in [7, 11) is 1.82. The number of aromatic nitrogens is 4. The molecule has 2 amide bonds. The van der Waals surface area contributed by atoms with Crippen molar-refractivity contribution >= 4 is 17.5 Å². The molecule has 2 aliphatic rings. The molecule has 9 heteroatoms. The number of piperidine rings is 1. The molecule has 0 unspecified atom stereocenters. The van der Waals surface area contributed by atoms with Crippen LogP contribution in [-0.4, -0.2) is 62.2 Å². The molecule has 0 aromatic carbocycles. The van der Waals surface area contributed by atoms with Crippen molar-refractivity contribution in [1.82, 2.24) is 29.5 Å². The number of amides is 2. The zero-order valence-electron chi connectivity index (χ0n) is 16.8. The lowest BCUT2D eigenvalue weighted by atomic mass is 9.61. The number of anilines is 1. The van der Waals surface area contributed by atoms with E-state index in [2.05, 4.69) is 25.6 Å². The number of rotatable bonds is 8. The van der Waals surface area contributed by atoms with Crippen LogP contribution >= 0.6 is 0 Å². The van der Waals surface area contributed by atoms with Crippen molar-refractivity contribution in [2.75, 3.05) is 31.5 Å². The highest BCUT2D eigenvalue weighted by Crippen LogP contribution is 2.45. The number of aryl methyl sites for hydroxylation is 2. The standard InChI is InChI=1S/C20H29N7O2/c1-25-11-16(10-23-25)24-19(28)13-27-7-3-15-9-17(18(15)12-27)20(29)22-4-2-6-26-8-5-21-14-26/h5,8,10-11,14-15,17-18H,2-4,6-7,9,12-13H2,1H3,(H,22,29)(H,24,28)/t15-,17-,18-/m1/s1. The first-order valence-corrected chi connectivity index (χ1v) is 10.3. The Morgan fingerprint density at radius 1 is 1.34 bits per heavy atom. The number of likely N-dealkylation sites (tertiary alicyclic amines) is 1. The smallest absolute Gasteiger partial charge is 0.238 e. The highest BCUT2D eigenvalue weighted by molar-refractivity contribution is 5.92. The van der Waals surface area contributed by atoms with E-state index in [1.807, 2.05) is 17.8 Å². The Morgan fingerprint density at radius 3 is 3.00 bits per heavy atom. The van der Waals surface area contributed by atoms with Crippen molar-refractivity contribution in [1.29, 1.82) is 0 Å². The second-order valence-corrected chi connectivity index (χ2v) is 8.19. The van der Waals surface area contributed by atoms with E-state index in [1.54, 1.807) is 29.6 Å². The predicted octanol–water partition coefficient (Wildman–Crippen LogP) is 0.720. The summed E-state index contributed by atoms with van der Waals surface area (Å²) in [6, 6.07) is 0. The molecule has 3 heterocycles. The van der Waals surface area contributed by atoms with Gasteiger partial charge in [0, 0.05) is 51.2 Å². The number of nitrogens with one attached hydrogen (secondary N) is 2. The fraction of sp³-hybridized carbons (Fsp3) is 0.600. The third-order valence-electron chi connectivity index (χ3n) is 6.11. The molecule has 1 saturated carbocycles. The average Bonchev–Trinajstić information content (AvgIpc) is 3.33. The van der Waals surface area contributed by atoms with Crippen LogP contribution in [0.5, 0.6) is 0 Å². The topological polar surface area (TPSA) is 97.1 Å². The Hall–Kier alpha value is -2.68. The number of fused-ring (bicyclic) bond motifs is 1. The van der Waals surface area contributed by atoms with E-state index < -0.39 is 0 Å². The molecule has 3 atom stereocenters. The van der Waals surface area contributed by atoms with E-state index >= 15 is 0 Å². The summed E-state index contributed by atoms with van der Waals surface area (Å²) in [5.74, 6) is 1.20. The van der Waals surface area contributed by atoms with Crippen LogP contribution in [0.1, 0.15) is 19.3 Å². The van der Waals surface area contributed by atoms with Gasteiger partial charge in [0.05, 0.1) is 24.8 Å². The van der Waals surface area contributed by atoms with Gasteiger partial charge in [0.1, 0.15) is 0 Å². The number of carbonyl (C=O) groups excluding carboxylic acids is 2. The Labute approximate surface area is 170 Å². The maximum atomic E-state index is 12.6. The highest BCUT2D eigenvalue weighted by atomic mass is 16.2. The quantitative estimate of drug-likeness (QED) is 0.638. The van der Waals surface area contributed by atoms with E-state index in [1.165, 1.54) is 0 Å². The van der Waals surface area contributed by atoms with Crippen molar-refractivity contribution in [3.63, 3.8) is 0 Å². The molecule has 0 radical (unpaired) electrons. The highest BCUT2D eigenvalue weighted by Gasteiger charge is 2.47. The molecule has 1 aliphatic heterocycles. The summed E-state index contributed by atoms with van der Waals surface area (Å²) in [5.41, 5.74) is 0.712. The third-order valence-corrected chi connectivity index (χ3v) is 6.11. The molecule has 2 fully saturated rings. The van der Waals surface area contributed by atoms with Crippen LogP contribution in [0.4, 0.5) is 5.69 Å². The molecule has 1 aliphatic carbocycles.